The molecule has 2 heterocycles. The molecule has 1 aromatic carbocycles. The average Bonchev–Trinajstić information content (AvgIpc) is 3.10. The molecule has 1 amide bonds. The average molecular weight is 437 g/mol. The summed E-state index contributed by atoms with van der Waals surface area (Å²) >= 11 is 3.40. The van der Waals surface area contributed by atoms with Gasteiger partial charge in [-0.1, -0.05) is 21.1 Å². The van der Waals surface area contributed by atoms with Crippen LogP contribution in [0.5, 0.6) is 5.75 Å². The van der Waals surface area contributed by atoms with Crippen LogP contribution in [0, 0.1) is 6.92 Å². The predicted octanol–water partition coefficient (Wildman–Crippen LogP) is 2.86. The number of rotatable bonds is 7. The quantitative estimate of drug-likeness (QED) is 0.664. The van der Waals surface area contributed by atoms with Crippen LogP contribution in [0.15, 0.2) is 33.3 Å². The lowest BCUT2D eigenvalue weighted by Gasteiger charge is -2.31. The lowest BCUT2D eigenvalue weighted by Crippen LogP contribution is -2.43. The number of carbonyl (C=O) groups is 1. The third-order valence-electron chi connectivity index (χ3n) is 4.69. The van der Waals surface area contributed by atoms with Crippen LogP contribution in [-0.2, 0) is 4.79 Å². The van der Waals surface area contributed by atoms with Crippen molar-refractivity contribution >= 4 is 21.8 Å². The van der Waals surface area contributed by atoms with Gasteiger partial charge in [-0.2, -0.15) is 4.98 Å². The zero-order valence-corrected chi connectivity index (χ0v) is 17.3. The zero-order chi connectivity index (χ0) is 19.2. The first-order valence-corrected chi connectivity index (χ1v) is 9.95. The van der Waals surface area contributed by atoms with E-state index in [-0.39, 0.29) is 11.8 Å². The van der Waals surface area contributed by atoms with Crippen molar-refractivity contribution in [2.24, 2.45) is 0 Å². The predicted molar refractivity (Wildman–Crippen MR) is 105 cm³/mol. The van der Waals surface area contributed by atoms with Crippen LogP contribution in [0.3, 0.4) is 0 Å². The summed E-state index contributed by atoms with van der Waals surface area (Å²) in [6, 6.07) is 7.67. The molecule has 146 valence electrons. The summed E-state index contributed by atoms with van der Waals surface area (Å²) in [6.45, 7) is 4.93. The molecule has 1 unspecified atom stereocenters. The van der Waals surface area contributed by atoms with Crippen LogP contribution in [-0.4, -0.2) is 65.7 Å². The van der Waals surface area contributed by atoms with Crippen molar-refractivity contribution in [1.82, 2.24) is 19.9 Å². The molecule has 8 heteroatoms. The van der Waals surface area contributed by atoms with Crippen LogP contribution in [0.2, 0.25) is 0 Å². The molecule has 0 radical (unpaired) electrons. The lowest BCUT2D eigenvalue weighted by molar-refractivity contribution is -0.131. The van der Waals surface area contributed by atoms with Gasteiger partial charge in [0.05, 0.1) is 19.0 Å². The standard InChI is InChI=1S/C19H25BrN4O3/c1-14-21-19(27-22-14)15-4-3-9-24(12-15)13-18(25)23(2)10-11-26-17-7-5-16(20)6-8-17/h5-8,15H,3-4,9-13H2,1-2H3. The van der Waals surface area contributed by atoms with Gasteiger partial charge in [-0.25, -0.2) is 0 Å². The SMILES string of the molecule is Cc1noc(C2CCCN(CC(=O)N(C)CCOc3ccc(Br)cc3)C2)n1. The lowest BCUT2D eigenvalue weighted by atomic mass is 9.98. The molecule has 1 aliphatic rings. The minimum Gasteiger partial charge on any atom is -0.492 e. The van der Waals surface area contributed by atoms with Crippen LogP contribution < -0.4 is 4.74 Å². The summed E-state index contributed by atoms with van der Waals surface area (Å²) < 4.78 is 12.0. The van der Waals surface area contributed by atoms with Crippen LogP contribution >= 0.6 is 15.9 Å². The number of nitrogens with zero attached hydrogens (tertiary/aromatic N) is 4. The number of aryl methyl sites for hydroxylation is 1. The molecule has 2 aromatic rings. The number of likely N-dealkylation sites (N-methyl/N-ethyl adjacent to an activating group) is 1. The second kappa shape index (κ2) is 9.32. The molecule has 1 atom stereocenters. The monoisotopic (exact) mass is 436 g/mol. The second-order valence-corrected chi connectivity index (χ2v) is 7.79. The number of aromatic nitrogens is 2. The van der Waals surface area contributed by atoms with E-state index in [9.17, 15) is 4.79 Å². The van der Waals surface area contributed by atoms with E-state index in [2.05, 4.69) is 31.0 Å². The number of benzene rings is 1. The molecular formula is C19H25BrN4O3. The van der Waals surface area contributed by atoms with Crippen molar-refractivity contribution in [1.29, 1.82) is 0 Å². The first-order chi connectivity index (χ1) is 13.0. The second-order valence-electron chi connectivity index (χ2n) is 6.87. The number of likely N-dealkylation sites (tertiary alicyclic amines) is 1. The summed E-state index contributed by atoms with van der Waals surface area (Å²) in [6.07, 6.45) is 2.04. The van der Waals surface area contributed by atoms with Gasteiger partial charge in [-0.15, -0.1) is 0 Å². The molecule has 0 N–H and O–H groups in total. The minimum absolute atomic E-state index is 0.0942. The fraction of sp³-hybridized carbons (Fsp3) is 0.526. The van der Waals surface area contributed by atoms with E-state index in [1.54, 1.807) is 4.90 Å². The number of ether oxygens (including phenoxy) is 1. The summed E-state index contributed by atoms with van der Waals surface area (Å²) in [5, 5.41) is 3.87. The maximum atomic E-state index is 12.5. The first kappa shape index (κ1) is 19.8. The smallest absolute Gasteiger partial charge is 0.236 e. The third-order valence-corrected chi connectivity index (χ3v) is 5.22. The highest BCUT2D eigenvalue weighted by molar-refractivity contribution is 9.10. The van der Waals surface area contributed by atoms with Gasteiger partial charge in [-0.3, -0.25) is 9.69 Å². The number of piperidine rings is 1. The minimum atomic E-state index is 0.0942. The third kappa shape index (κ3) is 5.77. The van der Waals surface area contributed by atoms with E-state index < -0.39 is 0 Å². The Hall–Kier alpha value is -1.93. The molecule has 0 aliphatic carbocycles. The number of hydrogen-bond acceptors (Lipinski definition) is 6. The highest BCUT2D eigenvalue weighted by Gasteiger charge is 2.27. The fourth-order valence-corrected chi connectivity index (χ4v) is 3.41. The number of carbonyl (C=O) groups excluding carboxylic acids is 1. The molecule has 0 bridgehead atoms. The van der Waals surface area contributed by atoms with E-state index in [1.165, 1.54) is 0 Å². The Morgan fingerprint density at radius 1 is 1.41 bits per heavy atom. The Morgan fingerprint density at radius 2 is 2.19 bits per heavy atom. The molecule has 1 fully saturated rings. The molecule has 7 nitrogen and oxygen atoms in total. The Balaban J connectivity index is 1.42. The van der Waals surface area contributed by atoms with Gasteiger partial charge in [0.2, 0.25) is 11.8 Å². The molecule has 1 aliphatic heterocycles. The Kier molecular flexibility index (Phi) is 6.84. The molecule has 1 saturated heterocycles. The summed E-state index contributed by atoms with van der Waals surface area (Å²) in [4.78, 5) is 20.7. The number of amides is 1. The maximum Gasteiger partial charge on any atom is 0.236 e. The van der Waals surface area contributed by atoms with Crippen molar-refractivity contribution in [3.63, 3.8) is 0 Å². The number of hydrogen-bond donors (Lipinski definition) is 0. The molecule has 0 saturated carbocycles. The van der Waals surface area contributed by atoms with E-state index in [0.717, 1.165) is 36.2 Å². The van der Waals surface area contributed by atoms with Crippen LogP contribution in [0.25, 0.3) is 0 Å². The van der Waals surface area contributed by atoms with E-state index in [1.807, 2.05) is 38.2 Å². The van der Waals surface area contributed by atoms with Crippen LogP contribution in [0.4, 0.5) is 0 Å². The normalized spacial score (nSPS) is 17.7. The van der Waals surface area contributed by atoms with Crippen molar-refractivity contribution in [2.45, 2.75) is 25.7 Å². The van der Waals surface area contributed by atoms with Gasteiger partial charge in [0.25, 0.3) is 0 Å². The molecule has 1 aromatic heterocycles. The van der Waals surface area contributed by atoms with Gasteiger partial charge in [0.1, 0.15) is 12.4 Å². The van der Waals surface area contributed by atoms with Crippen molar-refractivity contribution < 1.29 is 14.1 Å². The topological polar surface area (TPSA) is 71.7 Å². The van der Waals surface area contributed by atoms with Crippen molar-refractivity contribution in [3.8, 4) is 5.75 Å². The Bertz CT molecular complexity index is 750. The highest BCUT2D eigenvalue weighted by atomic mass is 79.9. The summed E-state index contributed by atoms with van der Waals surface area (Å²) in [5.74, 6) is 2.44. The van der Waals surface area contributed by atoms with Crippen molar-refractivity contribution in [2.75, 3.05) is 39.8 Å². The van der Waals surface area contributed by atoms with Gasteiger partial charge < -0.3 is 14.2 Å². The fourth-order valence-electron chi connectivity index (χ4n) is 3.15. The Morgan fingerprint density at radius 3 is 2.89 bits per heavy atom. The molecule has 3 rings (SSSR count). The van der Waals surface area contributed by atoms with E-state index in [0.29, 0.717) is 31.4 Å². The molecular weight excluding hydrogens is 412 g/mol. The maximum absolute atomic E-state index is 12.5. The van der Waals surface area contributed by atoms with Gasteiger partial charge in [0, 0.05) is 18.1 Å². The zero-order valence-electron chi connectivity index (χ0n) is 15.7. The molecule has 0 spiro atoms. The highest BCUT2D eigenvalue weighted by Crippen LogP contribution is 2.25. The number of halogens is 1. The van der Waals surface area contributed by atoms with E-state index in [4.69, 9.17) is 9.26 Å². The largest absolute Gasteiger partial charge is 0.492 e. The summed E-state index contributed by atoms with van der Waals surface area (Å²) in [5.41, 5.74) is 0. The Labute approximate surface area is 167 Å². The first-order valence-electron chi connectivity index (χ1n) is 9.16. The van der Waals surface area contributed by atoms with Gasteiger partial charge >= 0.3 is 0 Å². The summed E-state index contributed by atoms with van der Waals surface area (Å²) in [7, 11) is 1.82. The molecule has 27 heavy (non-hydrogen) atoms. The van der Waals surface area contributed by atoms with Gasteiger partial charge in [0.15, 0.2) is 5.82 Å². The van der Waals surface area contributed by atoms with E-state index >= 15 is 0 Å². The van der Waals surface area contributed by atoms with Gasteiger partial charge in [-0.05, 0) is 50.6 Å². The van der Waals surface area contributed by atoms with Crippen molar-refractivity contribution in [3.05, 3.63) is 40.5 Å². The van der Waals surface area contributed by atoms with Crippen LogP contribution in [0.1, 0.15) is 30.5 Å².